The van der Waals surface area contributed by atoms with Gasteiger partial charge in [-0.05, 0) is 85.4 Å². The van der Waals surface area contributed by atoms with Crippen LogP contribution in [0.2, 0.25) is 0 Å². The highest BCUT2D eigenvalue weighted by atomic mass is 16.1. The summed E-state index contributed by atoms with van der Waals surface area (Å²) < 4.78 is 0. The van der Waals surface area contributed by atoms with Crippen molar-refractivity contribution in [3.63, 3.8) is 0 Å². The third kappa shape index (κ3) is 1.93. The molecule has 0 aliphatic heterocycles. The van der Waals surface area contributed by atoms with Crippen LogP contribution in [0.4, 0.5) is 0 Å². The van der Waals surface area contributed by atoms with Crippen molar-refractivity contribution in [2.24, 2.45) is 40.4 Å². The highest BCUT2D eigenvalue weighted by Crippen LogP contribution is 2.67. The molecule has 1 nitrogen and oxygen atoms in total. The van der Waals surface area contributed by atoms with Crippen LogP contribution in [-0.2, 0) is 4.79 Å². The average molecular weight is 303 g/mol. The molecule has 0 bridgehead atoms. The minimum absolute atomic E-state index is 0.489. The molecule has 0 saturated heterocycles. The fourth-order valence-electron chi connectivity index (χ4n) is 7.82. The SMILES string of the molecule is CC[C@H]1CCC2C3CC[C@@H]4CC(=O)CC[C@]4(C)C3CC[C@@]21C. The van der Waals surface area contributed by atoms with Crippen molar-refractivity contribution in [1.29, 1.82) is 0 Å². The first kappa shape index (κ1) is 15.2. The Hall–Kier alpha value is -0.330. The molecule has 4 aliphatic rings. The van der Waals surface area contributed by atoms with Gasteiger partial charge < -0.3 is 0 Å². The van der Waals surface area contributed by atoms with E-state index in [1.54, 1.807) is 0 Å². The molecule has 124 valence electrons. The lowest BCUT2D eigenvalue weighted by Crippen LogP contribution is -2.53. The van der Waals surface area contributed by atoms with Crippen molar-refractivity contribution in [1.82, 2.24) is 0 Å². The van der Waals surface area contributed by atoms with E-state index in [0.717, 1.165) is 36.5 Å². The molecule has 0 aromatic heterocycles. The monoisotopic (exact) mass is 302 g/mol. The van der Waals surface area contributed by atoms with E-state index in [-0.39, 0.29) is 0 Å². The van der Waals surface area contributed by atoms with Crippen LogP contribution in [0, 0.1) is 40.4 Å². The van der Waals surface area contributed by atoms with E-state index in [2.05, 4.69) is 20.8 Å². The number of ketones is 1. The Morgan fingerprint density at radius 3 is 2.50 bits per heavy atom. The molecule has 3 unspecified atom stereocenters. The van der Waals surface area contributed by atoms with Crippen molar-refractivity contribution in [2.75, 3.05) is 0 Å². The summed E-state index contributed by atoms with van der Waals surface area (Å²) in [5.41, 5.74) is 1.13. The predicted molar refractivity (Wildman–Crippen MR) is 90.5 cm³/mol. The van der Waals surface area contributed by atoms with Crippen molar-refractivity contribution < 1.29 is 4.79 Å². The molecule has 4 fully saturated rings. The van der Waals surface area contributed by atoms with Gasteiger partial charge in [-0.2, -0.15) is 0 Å². The third-order valence-corrected chi connectivity index (χ3v) is 9.17. The van der Waals surface area contributed by atoms with Gasteiger partial charge in [-0.15, -0.1) is 0 Å². The van der Waals surface area contributed by atoms with Gasteiger partial charge >= 0.3 is 0 Å². The quantitative estimate of drug-likeness (QED) is 0.614. The summed E-state index contributed by atoms with van der Waals surface area (Å²) in [6.07, 6.45) is 13.0. The van der Waals surface area contributed by atoms with E-state index < -0.39 is 0 Å². The van der Waals surface area contributed by atoms with E-state index in [4.69, 9.17) is 0 Å². The third-order valence-electron chi connectivity index (χ3n) is 9.17. The zero-order valence-electron chi connectivity index (χ0n) is 14.9. The van der Waals surface area contributed by atoms with Gasteiger partial charge in [0.1, 0.15) is 5.78 Å². The molecule has 1 heteroatoms. The summed E-state index contributed by atoms with van der Waals surface area (Å²) >= 11 is 0. The van der Waals surface area contributed by atoms with E-state index in [1.165, 1.54) is 51.4 Å². The Morgan fingerprint density at radius 2 is 1.73 bits per heavy atom. The molecular weight excluding hydrogens is 268 g/mol. The van der Waals surface area contributed by atoms with Crippen LogP contribution in [0.15, 0.2) is 0 Å². The Labute approximate surface area is 136 Å². The lowest BCUT2D eigenvalue weighted by Gasteiger charge is -2.60. The molecule has 22 heavy (non-hydrogen) atoms. The molecule has 7 atom stereocenters. The highest BCUT2D eigenvalue weighted by Gasteiger charge is 2.59. The first-order chi connectivity index (χ1) is 10.5. The van der Waals surface area contributed by atoms with Crippen molar-refractivity contribution >= 4 is 5.78 Å². The van der Waals surface area contributed by atoms with Crippen LogP contribution >= 0.6 is 0 Å². The zero-order chi connectivity index (χ0) is 15.5. The van der Waals surface area contributed by atoms with Gasteiger partial charge in [0.05, 0.1) is 0 Å². The van der Waals surface area contributed by atoms with E-state index >= 15 is 0 Å². The van der Waals surface area contributed by atoms with E-state index in [1.807, 2.05) is 0 Å². The molecule has 0 heterocycles. The number of carbonyl (C=O) groups excluding carboxylic acids is 1. The summed E-state index contributed by atoms with van der Waals surface area (Å²) in [5, 5.41) is 0. The maximum atomic E-state index is 11.9. The maximum absolute atomic E-state index is 11.9. The van der Waals surface area contributed by atoms with Gasteiger partial charge in [0, 0.05) is 12.8 Å². The molecule has 0 aromatic carbocycles. The molecule has 0 N–H and O–H groups in total. The molecule has 0 amide bonds. The number of fused-ring (bicyclic) bond motifs is 5. The average Bonchev–Trinajstić information content (AvgIpc) is 2.84. The largest absolute Gasteiger partial charge is 0.300 e. The van der Waals surface area contributed by atoms with Crippen LogP contribution in [0.1, 0.15) is 85.0 Å². The number of hydrogen-bond acceptors (Lipinski definition) is 1. The van der Waals surface area contributed by atoms with Gasteiger partial charge in [-0.1, -0.05) is 27.2 Å². The lowest BCUT2D eigenvalue weighted by molar-refractivity contribution is -0.139. The van der Waals surface area contributed by atoms with Crippen molar-refractivity contribution in [3.05, 3.63) is 0 Å². The Bertz CT molecular complexity index is 469. The van der Waals surface area contributed by atoms with Crippen LogP contribution < -0.4 is 0 Å². The van der Waals surface area contributed by atoms with Crippen LogP contribution in [-0.4, -0.2) is 5.78 Å². The van der Waals surface area contributed by atoms with Crippen molar-refractivity contribution in [3.8, 4) is 0 Å². The first-order valence-electron chi connectivity index (χ1n) is 10.0. The Balaban J connectivity index is 1.62. The van der Waals surface area contributed by atoms with E-state index in [0.29, 0.717) is 22.5 Å². The second-order valence-electron chi connectivity index (χ2n) is 9.63. The Morgan fingerprint density at radius 1 is 0.955 bits per heavy atom. The van der Waals surface area contributed by atoms with Crippen LogP contribution in [0.5, 0.6) is 0 Å². The van der Waals surface area contributed by atoms with Gasteiger partial charge in [0.25, 0.3) is 0 Å². The minimum atomic E-state index is 0.489. The van der Waals surface area contributed by atoms with Gasteiger partial charge in [-0.25, -0.2) is 0 Å². The normalized spacial score (nSPS) is 54.5. The highest BCUT2D eigenvalue weighted by molar-refractivity contribution is 5.79. The fraction of sp³-hybridized carbons (Fsp3) is 0.952. The fourth-order valence-corrected chi connectivity index (χ4v) is 7.82. The van der Waals surface area contributed by atoms with Crippen LogP contribution in [0.25, 0.3) is 0 Å². The summed E-state index contributed by atoms with van der Waals surface area (Å²) in [6, 6.07) is 0. The number of hydrogen-bond donors (Lipinski definition) is 0. The molecule has 4 saturated carbocycles. The number of carbonyl (C=O) groups is 1. The smallest absolute Gasteiger partial charge is 0.133 e. The molecule has 0 spiro atoms. The van der Waals surface area contributed by atoms with Gasteiger partial charge in [0.15, 0.2) is 0 Å². The molecular formula is C21H34O. The second kappa shape index (κ2) is 5.08. The predicted octanol–water partition coefficient (Wildman–Crippen LogP) is 5.62. The standard InChI is InChI=1S/C21H34O/c1-4-14-6-8-18-17-7-5-15-13-16(22)9-11-21(15,3)19(17)10-12-20(14,18)2/h14-15,17-19H,4-13H2,1-3H3/t14-,15+,17?,18?,19?,20+,21-/m0/s1. The van der Waals surface area contributed by atoms with Crippen molar-refractivity contribution in [2.45, 2.75) is 85.0 Å². The van der Waals surface area contributed by atoms with Gasteiger partial charge in [-0.3, -0.25) is 4.79 Å². The minimum Gasteiger partial charge on any atom is -0.300 e. The molecule has 0 aromatic rings. The molecule has 0 radical (unpaired) electrons. The maximum Gasteiger partial charge on any atom is 0.133 e. The summed E-state index contributed by atoms with van der Waals surface area (Å²) in [7, 11) is 0. The topological polar surface area (TPSA) is 17.1 Å². The molecule has 4 aliphatic carbocycles. The van der Waals surface area contributed by atoms with Crippen LogP contribution in [0.3, 0.4) is 0 Å². The summed E-state index contributed by atoms with van der Waals surface area (Å²) in [4.78, 5) is 11.9. The first-order valence-corrected chi connectivity index (χ1v) is 10.0. The lowest BCUT2D eigenvalue weighted by atomic mass is 9.45. The summed E-state index contributed by atoms with van der Waals surface area (Å²) in [6.45, 7) is 7.61. The van der Waals surface area contributed by atoms with E-state index in [9.17, 15) is 4.79 Å². The van der Waals surface area contributed by atoms with Gasteiger partial charge in [0.2, 0.25) is 0 Å². The molecule has 4 rings (SSSR count). The zero-order valence-corrected chi connectivity index (χ0v) is 14.9. The second-order valence-corrected chi connectivity index (χ2v) is 9.63. The summed E-state index contributed by atoms with van der Waals surface area (Å²) in [5.74, 6) is 5.14. The number of rotatable bonds is 1. The number of Topliss-reactive ketones (excluding diaryl/α,β-unsaturated/α-hetero) is 1. The Kier molecular flexibility index (Phi) is 3.51.